The van der Waals surface area contributed by atoms with Gasteiger partial charge < -0.3 is 5.73 Å². The van der Waals surface area contributed by atoms with Crippen molar-refractivity contribution < 1.29 is 0 Å². The summed E-state index contributed by atoms with van der Waals surface area (Å²) in [5.41, 5.74) is 8.15. The molecule has 0 saturated carbocycles. The maximum absolute atomic E-state index is 5.81. The van der Waals surface area contributed by atoms with E-state index in [2.05, 4.69) is 38.1 Å². The zero-order valence-electron chi connectivity index (χ0n) is 15.7. The second-order valence-corrected chi connectivity index (χ2v) is 7.22. The Hall–Kier alpha value is -0.980. The van der Waals surface area contributed by atoms with Gasteiger partial charge in [0.1, 0.15) is 0 Å². The molecule has 132 valence electrons. The lowest BCUT2D eigenvalue weighted by Crippen LogP contribution is -2.05. The number of benzene rings is 1. The lowest BCUT2D eigenvalue weighted by molar-refractivity contribution is 0.402. The molecule has 0 aliphatic heterocycles. The summed E-state index contributed by atoms with van der Waals surface area (Å²) in [6, 6.07) is 8.54. The van der Waals surface area contributed by atoms with Crippen LogP contribution in [0.5, 0.6) is 0 Å². The summed E-state index contributed by atoms with van der Waals surface area (Å²) in [4.78, 5) is 0. The van der Waals surface area contributed by atoms with E-state index in [-0.39, 0.29) is 0 Å². The van der Waals surface area contributed by atoms with Crippen LogP contribution in [0.25, 0.3) is 0 Å². The van der Waals surface area contributed by atoms with Gasteiger partial charge in [0.15, 0.2) is 0 Å². The largest absolute Gasteiger partial charge is 0.399 e. The van der Waals surface area contributed by atoms with Crippen LogP contribution in [0.4, 0.5) is 5.69 Å². The molecule has 1 nitrogen and oxygen atoms in total. The fraction of sp³-hybridized carbons (Fsp3) is 0.727. The first kappa shape index (κ1) is 20.1. The quantitative estimate of drug-likeness (QED) is 0.286. The van der Waals surface area contributed by atoms with Crippen molar-refractivity contribution in [2.24, 2.45) is 5.92 Å². The fourth-order valence-electron chi connectivity index (χ4n) is 3.41. The summed E-state index contributed by atoms with van der Waals surface area (Å²) in [6.07, 6.45) is 18.0. The molecule has 0 heterocycles. The second kappa shape index (κ2) is 13.5. The van der Waals surface area contributed by atoms with Crippen molar-refractivity contribution in [1.29, 1.82) is 0 Å². The van der Waals surface area contributed by atoms with Gasteiger partial charge in [0, 0.05) is 5.69 Å². The molecule has 0 radical (unpaired) electrons. The van der Waals surface area contributed by atoms with Gasteiger partial charge in [-0.3, -0.25) is 0 Å². The van der Waals surface area contributed by atoms with Crippen LogP contribution >= 0.6 is 0 Å². The molecule has 0 amide bonds. The molecule has 0 spiro atoms. The van der Waals surface area contributed by atoms with E-state index in [0.717, 1.165) is 11.6 Å². The Bertz CT molecular complexity index is 354. The monoisotopic (exact) mass is 317 g/mol. The normalized spacial score (nSPS) is 11.3. The van der Waals surface area contributed by atoms with Gasteiger partial charge in [-0.1, -0.05) is 103 Å². The van der Waals surface area contributed by atoms with Crippen molar-refractivity contribution in [3.05, 3.63) is 29.8 Å². The second-order valence-electron chi connectivity index (χ2n) is 7.22. The highest BCUT2D eigenvalue weighted by molar-refractivity contribution is 5.39. The zero-order valence-corrected chi connectivity index (χ0v) is 15.7. The Labute approximate surface area is 145 Å². The lowest BCUT2D eigenvalue weighted by Gasteiger charge is -2.17. The van der Waals surface area contributed by atoms with Crippen molar-refractivity contribution in [3.63, 3.8) is 0 Å². The molecule has 0 aliphatic carbocycles. The number of rotatable bonds is 14. The first-order chi connectivity index (χ1) is 11.3. The van der Waals surface area contributed by atoms with Crippen LogP contribution < -0.4 is 5.73 Å². The average Bonchev–Trinajstić information content (AvgIpc) is 2.56. The SMILES string of the molecule is CCCCCCCC(CCCCCCC)Cc1ccc(N)cc1. The minimum atomic E-state index is 0.863. The van der Waals surface area contributed by atoms with Crippen molar-refractivity contribution in [2.75, 3.05) is 5.73 Å². The van der Waals surface area contributed by atoms with Gasteiger partial charge in [0.25, 0.3) is 0 Å². The maximum Gasteiger partial charge on any atom is 0.0314 e. The van der Waals surface area contributed by atoms with E-state index < -0.39 is 0 Å². The Morgan fingerprint density at radius 1 is 0.696 bits per heavy atom. The number of unbranched alkanes of at least 4 members (excludes halogenated alkanes) is 8. The Morgan fingerprint density at radius 2 is 1.17 bits per heavy atom. The molecule has 0 unspecified atom stereocenters. The van der Waals surface area contributed by atoms with Crippen LogP contribution in [-0.2, 0) is 6.42 Å². The van der Waals surface area contributed by atoms with E-state index in [9.17, 15) is 0 Å². The number of anilines is 1. The summed E-state index contributed by atoms with van der Waals surface area (Å²) in [6.45, 7) is 4.58. The van der Waals surface area contributed by atoms with Crippen LogP contribution in [0.2, 0.25) is 0 Å². The smallest absolute Gasteiger partial charge is 0.0314 e. The summed E-state index contributed by atoms with van der Waals surface area (Å²) in [5, 5.41) is 0. The molecule has 0 atom stereocenters. The van der Waals surface area contributed by atoms with E-state index in [1.807, 2.05) is 0 Å². The van der Waals surface area contributed by atoms with Crippen LogP contribution in [-0.4, -0.2) is 0 Å². The third-order valence-electron chi connectivity index (χ3n) is 4.94. The predicted molar refractivity (Wildman–Crippen MR) is 105 cm³/mol. The summed E-state index contributed by atoms with van der Waals surface area (Å²) in [5.74, 6) is 0.863. The zero-order chi connectivity index (χ0) is 16.8. The van der Waals surface area contributed by atoms with Gasteiger partial charge in [0.2, 0.25) is 0 Å². The molecule has 23 heavy (non-hydrogen) atoms. The van der Waals surface area contributed by atoms with E-state index in [1.54, 1.807) is 0 Å². The third-order valence-corrected chi connectivity index (χ3v) is 4.94. The van der Waals surface area contributed by atoms with E-state index in [4.69, 9.17) is 5.73 Å². The minimum absolute atomic E-state index is 0.863. The molecule has 1 aromatic carbocycles. The first-order valence-electron chi connectivity index (χ1n) is 10.1. The molecule has 1 aromatic rings. The van der Waals surface area contributed by atoms with Gasteiger partial charge in [-0.15, -0.1) is 0 Å². The van der Waals surface area contributed by atoms with Gasteiger partial charge >= 0.3 is 0 Å². The molecular weight excluding hydrogens is 278 g/mol. The molecule has 0 saturated heterocycles. The predicted octanol–water partition coefficient (Wildman–Crippen LogP) is 7.15. The molecule has 0 aliphatic rings. The van der Waals surface area contributed by atoms with E-state index in [1.165, 1.54) is 89.0 Å². The van der Waals surface area contributed by atoms with Crippen LogP contribution in [0.1, 0.15) is 96.5 Å². The number of hydrogen-bond donors (Lipinski definition) is 1. The number of nitrogens with two attached hydrogens (primary N) is 1. The highest BCUT2D eigenvalue weighted by Gasteiger charge is 2.10. The molecular formula is C22H39N. The molecule has 0 fully saturated rings. The van der Waals surface area contributed by atoms with Gasteiger partial charge in [-0.2, -0.15) is 0 Å². The van der Waals surface area contributed by atoms with Crippen LogP contribution in [0.3, 0.4) is 0 Å². The number of hydrogen-bond acceptors (Lipinski definition) is 1. The third kappa shape index (κ3) is 10.4. The summed E-state index contributed by atoms with van der Waals surface area (Å²) >= 11 is 0. The van der Waals surface area contributed by atoms with Crippen molar-refractivity contribution in [1.82, 2.24) is 0 Å². The van der Waals surface area contributed by atoms with Gasteiger partial charge in [0.05, 0.1) is 0 Å². The average molecular weight is 318 g/mol. The van der Waals surface area contributed by atoms with Gasteiger partial charge in [-0.05, 0) is 30.0 Å². The van der Waals surface area contributed by atoms with Crippen molar-refractivity contribution in [3.8, 4) is 0 Å². The van der Waals surface area contributed by atoms with Crippen LogP contribution in [0, 0.1) is 5.92 Å². The highest BCUT2D eigenvalue weighted by atomic mass is 14.5. The number of nitrogen functional groups attached to an aromatic ring is 1. The fourth-order valence-corrected chi connectivity index (χ4v) is 3.41. The molecule has 1 heteroatoms. The van der Waals surface area contributed by atoms with Crippen molar-refractivity contribution >= 4 is 5.69 Å². The maximum atomic E-state index is 5.81. The van der Waals surface area contributed by atoms with Crippen LogP contribution in [0.15, 0.2) is 24.3 Å². The molecule has 0 aromatic heterocycles. The highest BCUT2D eigenvalue weighted by Crippen LogP contribution is 2.23. The molecule has 0 bridgehead atoms. The van der Waals surface area contributed by atoms with E-state index >= 15 is 0 Å². The minimum Gasteiger partial charge on any atom is -0.399 e. The first-order valence-corrected chi connectivity index (χ1v) is 10.1. The Morgan fingerprint density at radius 3 is 1.65 bits per heavy atom. The lowest BCUT2D eigenvalue weighted by atomic mass is 9.89. The Balaban J connectivity index is 2.35. The molecule has 1 rings (SSSR count). The standard InChI is InChI=1S/C22H39N/c1-3-5-7-9-11-13-20(14-12-10-8-6-4-2)19-21-15-17-22(23)18-16-21/h15-18,20H,3-14,19,23H2,1-2H3. The van der Waals surface area contributed by atoms with Crippen molar-refractivity contribution in [2.45, 2.75) is 97.3 Å². The topological polar surface area (TPSA) is 26.0 Å². The van der Waals surface area contributed by atoms with Gasteiger partial charge in [-0.25, -0.2) is 0 Å². The summed E-state index contributed by atoms with van der Waals surface area (Å²) < 4.78 is 0. The Kier molecular flexibility index (Phi) is 11.7. The van der Waals surface area contributed by atoms with E-state index in [0.29, 0.717) is 0 Å². The summed E-state index contributed by atoms with van der Waals surface area (Å²) in [7, 11) is 0. The molecule has 2 N–H and O–H groups in total.